The van der Waals surface area contributed by atoms with Gasteiger partial charge in [0.15, 0.2) is 11.3 Å². The van der Waals surface area contributed by atoms with Crippen molar-refractivity contribution >= 4 is 35.0 Å². The van der Waals surface area contributed by atoms with Gasteiger partial charge in [0.05, 0.1) is 12.0 Å². The summed E-state index contributed by atoms with van der Waals surface area (Å²) in [4.78, 5) is 21.8. The van der Waals surface area contributed by atoms with E-state index in [9.17, 15) is 9.59 Å². The highest BCUT2D eigenvalue weighted by Gasteiger charge is 2.16. The first-order valence-electron chi connectivity index (χ1n) is 6.08. The van der Waals surface area contributed by atoms with Crippen LogP contribution in [0.15, 0.2) is 34.5 Å². The number of aliphatic carboxylic acids is 1. The minimum atomic E-state index is -1.05. The van der Waals surface area contributed by atoms with Gasteiger partial charge in [-0.3, -0.25) is 4.79 Å². The van der Waals surface area contributed by atoms with Crippen LogP contribution in [0.3, 0.4) is 0 Å². The number of carbonyl (C=O) groups is 2. The summed E-state index contributed by atoms with van der Waals surface area (Å²) in [6.07, 6.45) is 0.484. The molecule has 1 heterocycles. The van der Waals surface area contributed by atoms with Crippen molar-refractivity contribution in [2.45, 2.75) is 13.0 Å². The fraction of sp³-hybridized carbons (Fsp3) is 0.231. The summed E-state index contributed by atoms with van der Waals surface area (Å²) in [5.41, 5.74) is 0.601. The van der Waals surface area contributed by atoms with Crippen molar-refractivity contribution in [2.75, 3.05) is 5.75 Å². The fourth-order valence-electron chi connectivity index (χ4n) is 1.46. The molecule has 8 heteroatoms. The molecule has 1 amide bonds. The van der Waals surface area contributed by atoms with Gasteiger partial charge in [0.25, 0.3) is 0 Å². The molecule has 1 fully saturated rings. The first-order valence-corrected chi connectivity index (χ1v) is 7.07. The molecule has 1 aromatic rings. The number of para-hydroxylation sites is 1. The monoisotopic (exact) mass is 307 g/mol. The second-order valence-electron chi connectivity index (χ2n) is 4.12. The number of hydrogen-bond acceptors (Lipinski definition) is 6. The van der Waals surface area contributed by atoms with E-state index in [0.29, 0.717) is 22.2 Å². The van der Waals surface area contributed by atoms with Crippen LogP contribution < -0.4 is 10.1 Å². The third kappa shape index (κ3) is 4.32. The zero-order valence-corrected chi connectivity index (χ0v) is 12.0. The van der Waals surface area contributed by atoms with Gasteiger partial charge >= 0.3 is 5.97 Å². The van der Waals surface area contributed by atoms with Crippen molar-refractivity contribution in [3.8, 4) is 5.75 Å². The van der Waals surface area contributed by atoms with E-state index in [1.54, 1.807) is 24.3 Å². The largest absolute Gasteiger partial charge is 0.479 e. The van der Waals surface area contributed by atoms with Gasteiger partial charge in [-0.15, -0.1) is 5.10 Å². The number of amides is 1. The van der Waals surface area contributed by atoms with E-state index < -0.39 is 12.1 Å². The Labute approximate surface area is 125 Å². The van der Waals surface area contributed by atoms with E-state index >= 15 is 0 Å². The van der Waals surface area contributed by atoms with E-state index in [4.69, 9.17) is 9.84 Å². The van der Waals surface area contributed by atoms with Crippen molar-refractivity contribution in [1.29, 1.82) is 0 Å². The minimum absolute atomic E-state index is 0.104. The highest BCUT2D eigenvalue weighted by Crippen LogP contribution is 2.18. The Morgan fingerprint density at radius 3 is 2.95 bits per heavy atom. The molecule has 0 bridgehead atoms. The van der Waals surface area contributed by atoms with Crippen molar-refractivity contribution in [1.82, 2.24) is 5.32 Å². The average Bonchev–Trinajstić information content (AvgIpc) is 2.86. The molecule has 1 unspecified atom stereocenters. The maximum atomic E-state index is 11.0. The lowest BCUT2D eigenvalue weighted by Gasteiger charge is -2.11. The molecule has 110 valence electrons. The SMILES string of the molecule is CC(Oc1ccccc1C=NN=C1NC(=O)CS1)C(=O)O. The number of carbonyl (C=O) groups excluding carboxylic acids is 1. The summed E-state index contributed by atoms with van der Waals surface area (Å²) >= 11 is 1.27. The molecule has 0 radical (unpaired) electrons. The second kappa shape index (κ2) is 6.89. The zero-order valence-electron chi connectivity index (χ0n) is 11.1. The average molecular weight is 307 g/mol. The van der Waals surface area contributed by atoms with Crippen LogP contribution in [0, 0.1) is 0 Å². The van der Waals surface area contributed by atoms with Gasteiger partial charge in [-0.2, -0.15) is 5.10 Å². The molecule has 0 aliphatic carbocycles. The minimum Gasteiger partial charge on any atom is -0.479 e. The first kappa shape index (κ1) is 15.0. The Kier molecular flexibility index (Phi) is 4.94. The number of thioether (sulfide) groups is 1. The van der Waals surface area contributed by atoms with E-state index in [0.717, 1.165) is 0 Å². The first-order chi connectivity index (χ1) is 10.1. The molecule has 21 heavy (non-hydrogen) atoms. The number of hydrogen-bond donors (Lipinski definition) is 2. The van der Waals surface area contributed by atoms with E-state index in [-0.39, 0.29) is 5.91 Å². The van der Waals surface area contributed by atoms with Crippen LogP contribution >= 0.6 is 11.8 Å². The number of ether oxygens (including phenoxy) is 1. The summed E-state index contributed by atoms with van der Waals surface area (Å²) in [6.45, 7) is 1.45. The quantitative estimate of drug-likeness (QED) is 0.626. The van der Waals surface area contributed by atoms with Gasteiger partial charge in [0.2, 0.25) is 5.91 Å². The highest BCUT2D eigenvalue weighted by molar-refractivity contribution is 8.15. The van der Waals surface area contributed by atoms with E-state index in [2.05, 4.69) is 15.5 Å². The lowest BCUT2D eigenvalue weighted by atomic mass is 10.2. The van der Waals surface area contributed by atoms with Crippen LogP contribution in [-0.4, -0.2) is 40.2 Å². The lowest BCUT2D eigenvalue weighted by molar-refractivity contribution is -0.144. The Hall–Kier alpha value is -2.35. The van der Waals surface area contributed by atoms with E-state index in [1.807, 2.05) is 0 Å². The number of nitrogens with zero attached hydrogens (tertiary/aromatic N) is 2. The topological polar surface area (TPSA) is 100 Å². The molecule has 1 saturated heterocycles. The summed E-state index contributed by atoms with van der Waals surface area (Å²) in [5.74, 6) is -0.413. The molecule has 0 aromatic heterocycles. The molecule has 1 aromatic carbocycles. The predicted molar refractivity (Wildman–Crippen MR) is 79.8 cm³/mol. The van der Waals surface area contributed by atoms with Crippen molar-refractivity contribution in [2.24, 2.45) is 10.2 Å². The maximum Gasteiger partial charge on any atom is 0.344 e. The number of carboxylic acids is 1. The summed E-state index contributed by atoms with van der Waals surface area (Å²) in [6, 6.07) is 6.90. The third-order valence-electron chi connectivity index (χ3n) is 2.50. The fourth-order valence-corrected chi connectivity index (χ4v) is 2.09. The van der Waals surface area contributed by atoms with Gasteiger partial charge in [-0.1, -0.05) is 23.9 Å². The summed E-state index contributed by atoms with van der Waals surface area (Å²) in [7, 11) is 0. The normalized spacial score (nSPS) is 18.0. The van der Waals surface area contributed by atoms with Crippen LogP contribution in [0.2, 0.25) is 0 Å². The number of rotatable bonds is 5. The second-order valence-corrected chi connectivity index (χ2v) is 5.09. The number of amidine groups is 1. The Morgan fingerprint density at radius 2 is 2.29 bits per heavy atom. The van der Waals surface area contributed by atoms with Crippen molar-refractivity contribution in [3.63, 3.8) is 0 Å². The van der Waals surface area contributed by atoms with Crippen LogP contribution in [0.5, 0.6) is 5.75 Å². The third-order valence-corrected chi connectivity index (χ3v) is 3.37. The molecular weight excluding hydrogens is 294 g/mol. The highest BCUT2D eigenvalue weighted by atomic mass is 32.2. The molecule has 1 aliphatic rings. The molecule has 0 spiro atoms. The van der Waals surface area contributed by atoms with Crippen molar-refractivity contribution < 1.29 is 19.4 Å². The molecule has 0 saturated carbocycles. The zero-order chi connectivity index (χ0) is 15.2. The van der Waals surface area contributed by atoms with Gasteiger partial charge in [0, 0.05) is 5.56 Å². The Morgan fingerprint density at radius 1 is 1.52 bits per heavy atom. The number of nitrogens with one attached hydrogen (secondary N) is 1. The molecule has 1 atom stereocenters. The molecule has 2 N–H and O–H groups in total. The van der Waals surface area contributed by atoms with Gasteiger partial charge < -0.3 is 15.2 Å². The Balaban J connectivity index is 2.09. The van der Waals surface area contributed by atoms with Crippen LogP contribution in [0.25, 0.3) is 0 Å². The summed E-state index contributed by atoms with van der Waals surface area (Å²) in [5, 5.41) is 19.6. The summed E-state index contributed by atoms with van der Waals surface area (Å²) < 4.78 is 5.33. The van der Waals surface area contributed by atoms with Crippen LogP contribution in [-0.2, 0) is 9.59 Å². The maximum absolute atomic E-state index is 11.0. The predicted octanol–water partition coefficient (Wildman–Crippen LogP) is 1.09. The van der Waals surface area contributed by atoms with Crippen LogP contribution in [0.4, 0.5) is 0 Å². The standard InChI is InChI=1S/C13H13N3O4S/c1-8(12(18)19)20-10-5-3-2-4-9(10)6-14-16-13-15-11(17)7-21-13/h2-6,8H,7H2,1H3,(H,18,19)(H,15,16,17). The molecule has 1 aliphatic heterocycles. The lowest BCUT2D eigenvalue weighted by Crippen LogP contribution is -2.23. The molecule has 7 nitrogen and oxygen atoms in total. The molecular formula is C13H13N3O4S. The Bertz CT molecular complexity index is 615. The number of benzene rings is 1. The van der Waals surface area contributed by atoms with Crippen LogP contribution in [0.1, 0.15) is 12.5 Å². The van der Waals surface area contributed by atoms with E-state index in [1.165, 1.54) is 24.9 Å². The van der Waals surface area contributed by atoms with Crippen molar-refractivity contribution in [3.05, 3.63) is 29.8 Å². The molecule has 2 rings (SSSR count). The number of carboxylic acid groups (broad SMARTS) is 1. The van der Waals surface area contributed by atoms with Gasteiger partial charge in [-0.05, 0) is 19.1 Å². The van der Waals surface area contributed by atoms with Gasteiger partial charge in [0.1, 0.15) is 5.75 Å². The smallest absolute Gasteiger partial charge is 0.344 e. The van der Waals surface area contributed by atoms with Gasteiger partial charge in [-0.25, -0.2) is 4.79 Å².